The van der Waals surface area contributed by atoms with Crippen LogP contribution < -0.4 is 19.8 Å². The molecule has 1 aliphatic heterocycles. The van der Waals surface area contributed by atoms with Crippen LogP contribution >= 0.6 is 0 Å². The van der Waals surface area contributed by atoms with Crippen LogP contribution in [0.2, 0.25) is 0 Å². The summed E-state index contributed by atoms with van der Waals surface area (Å²) in [5.74, 6) is -3.31. The molecular formula is C60H54O14. The maximum Gasteiger partial charge on any atom is 0.383 e. The minimum absolute atomic E-state index is 0.0249. The molecule has 1 aromatic heterocycles. The van der Waals surface area contributed by atoms with Crippen molar-refractivity contribution in [2.75, 3.05) is 13.2 Å². The third kappa shape index (κ3) is 13.6. The van der Waals surface area contributed by atoms with Crippen molar-refractivity contribution in [1.29, 1.82) is 0 Å². The zero-order valence-electron chi connectivity index (χ0n) is 41.0. The second-order valence-electron chi connectivity index (χ2n) is 17.5. The first-order chi connectivity index (χ1) is 36.0. The molecule has 2 heterocycles. The van der Waals surface area contributed by atoms with Crippen LogP contribution in [0.3, 0.4) is 0 Å². The number of allylic oxidation sites excluding steroid dienone is 3. The molecule has 0 saturated carbocycles. The summed E-state index contributed by atoms with van der Waals surface area (Å²) in [6.07, 6.45) is -2.34. The molecule has 0 bridgehead atoms. The van der Waals surface area contributed by atoms with E-state index in [0.29, 0.717) is 5.39 Å². The monoisotopic (exact) mass is 998 g/mol. The van der Waals surface area contributed by atoms with Crippen LogP contribution in [0, 0.1) is 0 Å². The lowest BCUT2D eigenvalue weighted by atomic mass is 9.97. The largest absolute Gasteiger partial charge is 0.484 e. The van der Waals surface area contributed by atoms with E-state index in [1.54, 1.807) is 97.1 Å². The van der Waals surface area contributed by atoms with Crippen LogP contribution in [0.1, 0.15) is 80.6 Å². The Morgan fingerprint density at radius 2 is 1.07 bits per heavy atom. The van der Waals surface area contributed by atoms with E-state index in [1.165, 1.54) is 48.0 Å². The molecule has 0 aliphatic carbocycles. The maximum absolute atomic E-state index is 14.1. The molecule has 0 amide bonds. The van der Waals surface area contributed by atoms with Crippen molar-refractivity contribution in [3.05, 3.63) is 231 Å². The van der Waals surface area contributed by atoms with Gasteiger partial charge in [-0.2, -0.15) is 0 Å². The lowest BCUT2D eigenvalue weighted by Crippen LogP contribution is -2.63. The highest BCUT2D eigenvalue weighted by molar-refractivity contribution is 5.92. The van der Waals surface area contributed by atoms with Crippen molar-refractivity contribution >= 4 is 34.8 Å². The summed E-state index contributed by atoms with van der Waals surface area (Å²) in [7, 11) is 0. The topological polar surface area (TPSA) is 172 Å². The molecule has 5 atom stereocenters. The van der Waals surface area contributed by atoms with Crippen molar-refractivity contribution in [3.8, 4) is 17.2 Å². The van der Waals surface area contributed by atoms with E-state index in [0.717, 1.165) is 24.0 Å². The predicted molar refractivity (Wildman–Crippen MR) is 274 cm³/mol. The van der Waals surface area contributed by atoms with Crippen molar-refractivity contribution in [3.63, 3.8) is 0 Å². The number of carbonyl (C=O) groups is 4. The van der Waals surface area contributed by atoms with Crippen LogP contribution in [-0.4, -0.2) is 67.8 Å². The van der Waals surface area contributed by atoms with Gasteiger partial charge in [-0.1, -0.05) is 120 Å². The van der Waals surface area contributed by atoms with Gasteiger partial charge in [0, 0.05) is 6.07 Å². The molecule has 6 aromatic carbocycles. The average molecular weight is 999 g/mol. The van der Waals surface area contributed by atoms with Crippen LogP contribution in [0.5, 0.6) is 17.2 Å². The summed E-state index contributed by atoms with van der Waals surface area (Å²) in [5, 5.41) is 0.358. The zero-order valence-corrected chi connectivity index (χ0v) is 41.0. The molecule has 74 heavy (non-hydrogen) atoms. The predicted octanol–water partition coefficient (Wildman–Crippen LogP) is 11.1. The van der Waals surface area contributed by atoms with E-state index in [-0.39, 0.29) is 58.3 Å². The molecule has 1 aliphatic rings. The summed E-state index contributed by atoms with van der Waals surface area (Å²) in [6, 6.07) is 46.3. The molecule has 7 aromatic rings. The van der Waals surface area contributed by atoms with Gasteiger partial charge in [-0.15, -0.1) is 0 Å². The van der Waals surface area contributed by atoms with Gasteiger partial charge in [-0.25, -0.2) is 24.0 Å². The van der Waals surface area contributed by atoms with Crippen molar-refractivity contribution in [2.24, 2.45) is 0 Å². The van der Waals surface area contributed by atoms with Gasteiger partial charge in [-0.3, -0.25) is 0 Å². The minimum Gasteiger partial charge on any atom is -0.484 e. The van der Waals surface area contributed by atoms with Crippen LogP contribution in [0.4, 0.5) is 0 Å². The first-order valence-corrected chi connectivity index (χ1v) is 24.0. The Morgan fingerprint density at radius 3 is 1.62 bits per heavy atom. The third-order valence-electron chi connectivity index (χ3n) is 11.8. The Bertz CT molecular complexity index is 3130. The normalized spacial score (nSPS) is 17.3. The number of carbonyl (C=O) groups excluding carboxylic acids is 4. The van der Waals surface area contributed by atoms with Gasteiger partial charge in [0.15, 0.2) is 18.0 Å². The first kappa shape index (κ1) is 51.6. The molecular weight excluding hydrogens is 945 g/mol. The quantitative estimate of drug-likeness (QED) is 0.0305. The molecule has 1 fully saturated rings. The van der Waals surface area contributed by atoms with Crippen molar-refractivity contribution in [1.82, 2.24) is 0 Å². The molecule has 14 nitrogen and oxygen atoms in total. The maximum atomic E-state index is 14.1. The molecule has 8 rings (SSSR count). The number of fused-ring (bicyclic) bond motifs is 1. The minimum atomic E-state index is -1.69. The highest BCUT2D eigenvalue weighted by atomic mass is 16.7. The van der Waals surface area contributed by atoms with Gasteiger partial charge in [0.25, 0.3) is 0 Å². The Labute approximate surface area is 427 Å². The van der Waals surface area contributed by atoms with E-state index in [2.05, 4.69) is 6.08 Å². The van der Waals surface area contributed by atoms with Gasteiger partial charge < -0.3 is 42.3 Å². The second kappa shape index (κ2) is 25.1. The zero-order chi connectivity index (χ0) is 51.8. The number of esters is 4. The van der Waals surface area contributed by atoms with Gasteiger partial charge in [0.1, 0.15) is 37.3 Å². The molecule has 378 valence electrons. The fraction of sp³-hybridized carbons (Fsp3) is 0.217. The summed E-state index contributed by atoms with van der Waals surface area (Å²) >= 11 is 0. The fourth-order valence-corrected chi connectivity index (χ4v) is 7.92. The molecule has 1 saturated heterocycles. The number of ether oxygens (including phenoxy) is 8. The van der Waals surface area contributed by atoms with E-state index in [9.17, 15) is 24.0 Å². The Kier molecular flexibility index (Phi) is 17.5. The van der Waals surface area contributed by atoms with Crippen molar-refractivity contribution < 1.29 is 61.5 Å². The number of hydrogen-bond donors (Lipinski definition) is 0. The fourth-order valence-electron chi connectivity index (χ4n) is 7.92. The standard InChI is InChI=1S/C60H54O14/c1-39(2)20-19-21-40(3)34-35-66-53-50(67-37-41-22-9-4-10-23-41)47-33-32-46(36-48(47)70-59(53)65)69-60-54(74-58(64)45-30-17-8-18-31-45)52(73-57(63)44-28-15-7-16-29-44)51(72-56(62)43-26-13-6-14-27-43)49(71-60)38-68-55(61)42-24-11-5-12-25-42/h4-18,20,22-34,36,49,51-52,54,60H,19,21,35,37-38H2,1-3H3/b40-34+/t49-,51-,52+,54+,60+/m1/s1. The molecule has 0 unspecified atom stereocenters. The van der Waals surface area contributed by atoms with Gasteiger partial charge in [0.05, 0.1) is 27.6 Å². The van der Waals surface area contributed by atoms with Gasteiger partial charge in [0.2, 0.25) is 18.1 Å². The van der Waals surface area contributed by atoms with Crippen LogP contribution in [0.25, 0.3) is 11.0 Å². The number of rotatable bonds is 20. The smallest absolute Gasteiger partial charge is 0.383 e. The van der Waals surface area contributed by atoms with E-state index < -0.39 is 66.8 Å². The molecule has 14 heteroatoms. The average Bonchev–Trinajstić information content (AvgIpc) is 3.42. The second-order valence-corrected chi connectivity index (χ2v) is 17.5. The van der Waals surface area contributed by atoms with E-state index in [1.807, 2.05) is 57.2 Å². The highest BCUT2D eigenvalue weighted by Crippen LogP contribution is 2.38. The molecule has 0 N–H and O–H groups in total. The van der Waals surface area contributed by atoms with Gasteiger partial charge >= 0.3 is 29.5 Å². The highest BCUT2D eigenvalue weighted by Gasteiger charge is 2.54. The summed E-state index contributed by atoms with van der Waals surface area (Å²) in [6.45, 7) is 5.68. The van der Waals surface area contributed by atoms with Crippen LogP contribution in [0.15, 0.2) is 202 Å². The SMILES string of the molecule is CC(C)=CCC/C(C)=C/COc1c(OCc2ccccc2)c2ccc(O[C@H]3O[C@H](COC(=O)c4ccccc4)[C@@H](OC(=O)c4ccccc4)[C@H](OC(=O)c4ccccc4)[C@@H]3OC(=O)c3ccccc3)cc2oc1=O. The Hall–Kier alpha value is -8.75. The Morgan fingerprint density at radius 1 is 0.554 bits per heavy atom. The summed E-state index contributed by atoms with van der Waals surface area (Å²) < 4.78 is 55.8. The molecule has 0 radical (unpaired) electrons. The molecule has 0 spiro atoms. The number of hydrogen-bond acceptors (Lipinski definition) is 14. The summed E-state index contributed by atoms with van der Waals surface area (Å²) in [4.78, 5) is 69.6. The lowest BCUT2D eigenvalue weighted by molar-refractivity contribution is -0.275. The lowest BCUT2D eigenvalue weighted by Gasteiger charge is -2.44. The first-order valence-electron chi connectivity index (χ1n) is 24.0. The van der Waals surface area contributed by atoms with Crippen LogP contribution in [-0.2, 0) is 30.3 Å². The van der Waals surface area contributed by atoms with Crippen molar-refractivity contribution in [2.45, 2.75) is 70.9 Å². The summed E-state index contributed by atoms with van der Waals surface area (Å²) in [5.41, 5.74) is 2.94. The van der Waals surface area contributed by atoms with E-state index >= 15 is 0 Å². The van der Waals surface area contributed by atoms with E-state index in [4.69, 9.17) is 42.3 Å². The Balaban J connectivity index is 1.19. The number of benzene rings is 6. The third-order valence-corrected chi connectivity index (χ3v) is 11.8. The van der Waals surface area contributed by atoms with Gasteiger partial charge in [-0.05, 0) is 106 Å².